The molecule has 0 saturated carbocycles. The van der Waals surface area contributed by atoms with Gasteiger partial charge in [-0.05, 0) is 46.1 Å². The van der Waals surface area contributed by atoms with Gasteiger partial charge in [0.15, 0.2) is 34.2 Å². The van der Waals surface area contributed by atoms with Crippen LogP contribution >= 0.6 is 11.6 Å². The van der Waals surface area contributed by atoms with Crippen LogP contribution in [0.2, 0.25) is 5.15 Å². The molecule has 2 aliphatic rings. The number of carbonyl (C=O) groups excluding carboxylic acids is 1. The van der Waals surface area contributed by atoms with Crippen molar-refractivity contribution in [2.75, 3.05) is 50.9 Å². The number of aromatic nitrogens is 2. The quantitative estimate of drug-likeness (QED) is 0.106. The summed E-state index contributed by atoms with van der Waals surface area (Å²) >= 11 is 5.79. The highest BCUT2D eigenvalue weighted by atomic mass is 35.5. The van der Waals surface area contributed by atoms with Crippen molar-refractivity contribution in [2.45, 2.75) is 69.7 Å². The molecule has 3 rings (SSSR count). The number of nitrogen functional groups attached to an aromatic ring is 2. The lowest BCUT2D eigenvalue weighted by atomic mass is 10.1. The van der Waals surface area contributed by atoms with E-state index in [2.05, 4.69) is 25.5 Å². The summed E-state index contributed by atoms with van der Waals surface area (Å²) < 4.78 is 17.3. The highest BCUT2D eigenvalue weighted by molar-refractivity contribution is 6.31. The molecule has 1 aromatic heterocycles. The molecule has 0 unspecified atom stereocenters. The summed E-state index contributed by atoms with van der Waals surface area (Å²) in [4.78, 5) is 22.2. The molecule has 14 nitrogen and oxygen atoms in total. The number of ether oxygens (including phenoxy) is 3. The number of nitrogens with two attached hydrogens (primary N) is 2. The SMILES string of the molecule is CC1(C)O[C@H]([C@H](O)COC2CCN(CCCCNC(=N)NC(=O)c3nc(Cl)c(N)nc3N)CC2)[C@H](CO)O1. The van der Waals surface area contributed by atoms with Gasteiger partial charge in [0.25, 0.3) is 5.91 Å². The first kappa shape index (κ1) is 30.2. The molecular weight excluding hydrogens is 520 g/mol. The molecule has 38 heavy (non-hydrogen) atoms. The van der Waals surface area contributed by atoms with Gasteiger partial charge in [0, 0.05) is 19.6 Å². The Labute approximate surface area is 226 Å². The van der Waals surface area contributed by atoms with E-state index < -0.39 is 30.0 Å². The Morgan fingerprint density at radius 1 is 1.26 bits per heavy atom. The Morgan fingerprint density at radius 3 is 2.66 bits per heavy atom. The molecule has 0 spiro atoms. The van der Waals surface area contributed by atoms with E-state index in [-0.39, 0.29) is 47.8 Å². The zero-order valence-electron chi connectivity index (χ0n) is 21.8. The maximum absolute atomic E-state index is 12.2. The van der Waals surface area contributed by atoms with Crippen LogP contribution in [0.5, 0.6) is 0 Å². The van der Waals surface area contributed by atoms with E-state index in [0.717, 1.165) is 45.3 Å². The summed E-state index contributed by atoms with van der Waals surface area (Å²) in [6, 6.07) is 0. The fraction of sp³-hybridized carbons (Fsp3) is 0.739. The van der Waals surface area contributed by atoms with Gasteiger partial charge in [-0.25, -0.2) is 9.97 Å². The van der Waals surface area contributed by atoms with Crippen LogP contribution in [0.1, 0.15) is 50.0 Å². The van der Waals surface area contributed by atoms with Gasteiger partial charge in [-0.1, -0.05) is 11.6 Å². The summed E-state index contributed by atoms with van der Waals surface area (Å²) in [6.07, 6.45) is 1.43. The summed E-state index contributed by atoms with van der Waals surface area (Å²) in [7, 11) is 0. The number of aliphatic hydroxyl groups is 2. The number of nitrogens with zero attached hydrogens (tertiary/aromatic N) is 3. The van der Waals surface area contributed by atoms with E-state index in [9.17, 15) is 15.0 Å². The number of unbranched alkanes of at least 4 members (excludes halogenated alkanes) is 1. The Hall–Kier alpha value is -2.33. The molecule has 0 radical (unpaired) electrons. The van der Waals surface area contributed by atoms with E-state index >= 15 is 0 Å². The number of hydrogen-bond donors (Lipinski definition) is 7. The molecule has 2 saturated heterocycles. The van der Waals surface area contributed by atoms with Crippen LogP contribution in [0.4, 0.5) is 11.6 Å². The highest BCUT2D eigenvalue weighted by Gasteiger charge is 2.44. The number of rotatable bonds is 11. The van der Waals surface area contributed by atoms with Crippen LogP contribution in [0.25, 0.3) is 0 Å². The smallest absolute Gasteiger partial charge is 0.280 e. The first-order chi connectivity index (χ1) is 18.0. The molecule has 214 valence electrons. The first-order valence-corrected chi connectivity index (χ1v) is 13.1. The second kappa shape index (κ2) is 13.6. The number of aliphatic hydroxyl groups excluding tert-OH is 2. The Kier molecular flexibility index (Phi) is 10.8. The number of nitrogens with one attached hydrogen (secondary N) is 3. The van der Waals surface area contributed by atoms with Gasteiger partial charge >= 0.3 is 0 Å². The molecule has 0 aliphatic carbocycles. The summed E-state index contributed by atoms with van der Waals surface area (Å²) in [5, 5.41) is 32.9. The third-order valence-electron chi connectivity index (χ3n) is 6.38. The lowest BCUT2D eigenvalue weighted by Gasteiger charge is -2.32. The number of guanidine groups is 1. The lowest BCUT2D eigenvalue weighted by molar-refractivity contribution is -0.162. The van der Waals surface area contributed by atoms with E-state index in [1.165, 1.54) is 0 Å². The number of amides is 1. The summed E-state index contributed by atoms with van der Waals surface area (Å²) in [5.41, 5.74) is 11.0. The second-order valence-electron chi connectivity index (χ2n) is 9.86. The topological polar surface area (TPSA) is 214 Å². The van der Waals surface area contributed by atoms with Gasteiger partial charge in [-0.15, -0.1) is 0 Å². The van der Waals surface area contributed by atoms with Crippen molar-refractivity contribution in [3.05, 3.63) is 10.8 Å². The predicted molar refractivity (Wildman–Crippen MR) is 141 cm³/mol. The average Bonchev–Trinajstić information content (AvgIpc) is 3.19. The fourth-order valence-electron chi connectivity index (χ4n) is 4.46. The largest absolute Gasteiger partial charge is 0.394 e. The third-order valence-corrected chi connectivity index (χ3v) is 6.66. The van der Waals surface area contributed by atoms with Crippen LogP contribution in [0, 0.1) is 5.41 Å². The monoisotopic (exact) mass is 558 g/mol. The minimum atomic E-state index is -0.877. The number of anilines is 2. The zero-order valence-corrected chi connectivity index (χ0v) is 22.5. The van der Waals surface area contributed by atoms with E-state index in [1.54, 1.807) is 13.8 Å². The Bertz CT molecular complexity index is 962. The van der Waals surface area contributed by atoms with Crippen LogP contribution in [-0.2, 0) is 14.2 Å². The number of carbonyl (C=O) groups is 1. The van der Waals surface area contributed by atoms with Crippen LogP contribution < -0.4 is 22.1 Å². The maximum atomic E-state index is 12.2. The van der Waals surface area contributed by atoms with Crippen molar-refractivity contribution in [3.63, 3.8) is 0 Å². The summed E-state index contributed by atoms with van der Waals surface area (Å²) in [5.74, 6) is -1.96. The van der Waals surface area contributed by atoms with Gasteiger partial charge in [0.1, 0.15) is 18.3 Å². The van der Waals surface area contributed by atoms with Crippen LogP contribution in [-0.4, -0.2) is 107 Å². The van der Waals surface area contributed by atoms with Crippen LogP contribution in [0.15, 0.2) is 0 Å². The molecule has 2 fully saturated rings. The minimum absolute atomic E-state index is 0.0595. The van der Waals surface area contributed by atoms with Gasteiger partial charge in [-0.2, -0.15) is 0 Å². The molecule has 2 aliphatic heterocycles. The maximum Gasteiger partial charge on any atom is 0.280 e. The fourth-order valence-corrected chi connectivity index (χ4v) is 4.59. The number of halogens is 1. The van der Waals surface area contributed by atoms with Gasteiger partial charge in [-0.3, -0.25) is 15.5 Å². The number of likely N-dealkylation sites (tertiary alicyclic amines) is 1. The van der Waals surface area contributed by atoms with Crippen molar-refractivity contribution in [1.29, 1.82) is 5.41 Å². The highest BCUT2D eigenvalue weighted by Crippen LogP contribution is 2.30. The normalized spacial score (nSPS) is 22.8. The lowest BCUT2D eigenvalue weighted by Crippen LogP contribution is -2.43. The van der Waals surface area contributed by atoms with Crippen molar-refractivity contribution < 1.29 is 29.2 Å². The third kappa shape index (κ3) is 8.59. The van der Waals surface area contributed by atoms with Gasteiger partial charge in [0.2, 0.25) is 0 Å². The van der Waals surface area contributed by atoms with E-state index in [4.69, 9.17) is 42.7 Å². The van der Waals surface area contributed by atoms with Crippen molar-refractivity contribution in [3.8, 4) is 0 Å². The van der Waals surface area contributed by atoms with E-state index in [1.807, 2.05) is 0 Å². The molecule has 1 aromatic rings. The predicted octanol–water partition coefficient (Wildman–Crippen LogP) is -0.317. The van der Waals surface area contributed by atoms with E-state index in [0.29, 0.717) is 6.54 Å². The average molecular weight is 559 g/mol. The molecule has 1 amide bonds. The molecule has 9 N–H and O–H groups in total. The molecular formula is C23H39ClN8O6. The molecule has 3 heterocycles. The van der Waals surface area contributed by atoms with Gasteiger partial charge in [0.05, 0.1) is 19.3 Å². The number of piperidine rings is 1. The van der Waals surface area contributed by atoms with Crippen molar-refractivity contribution >= 4 is 35.1 Å². The van der Waals surface area contributed by atoms with Crippen molar-refractivity contribution in [1.82, 2.24) is 25.5 Å². The van der Waals surface area contributed by atoms with Gasteiger partial charge < -0.3 is 46.1 Å². The Balaban J connectivity index is 1.26. The molecule has 0 bridgehead atoms. The molecule has 15 heteroatoms. The standard InChI is InChI=1S/C23H39ClN8O6/c1-23(2)37-15(11-33)17(38-23)14(34)12-36-13-5-9-32(10-6-13)8-4-3-7-28-22(27)31-21(35)16-19(25)30-20(26)18(24)29-16/h13-15,17,33-34H,3-12H2,1-2H3,(H4,25,26,30)(H3,27,28,31,35)/t14-,15+,17-/m1/s1. The zero-order chi connectivity index (χ0) is 27.9. The molecule has 0 aromatic carbocycles. The summed E-state index contributed by atoms with van der Waals surface area (Å²) in [6.45, 7) is 6.62. The van der Waals surface area contributed by atoms with Crippen molar-refractivity contribution in [2.24, 2.45) is 0 Å². The number of hydrogen-bond acceptors (Lipinski definition) is 12. The second-order valence-corrected chi connectivity index (χ2v) is 10.2. The van der Waals surface area contributed by atoms with Crippen LogP contribution in [0.3, 0.4) is 0 Å². The first-order valence-electron chi connectivity index (χ1n) is 12.7. The minimum Gasteiger partial charge on any atom is -0.394 e. The molecule has 3 atom stereocenters. The Morgan fingerprint density at radius 2 is 1.97 bits per heavy atom.